The third-order valence-electron chi connectivity index (χ3n) is 3.92. The van der Waals surface area contributed by atoms with Crippen LogP contribution in [0.25, 0.3) is 0 Å². The zero-order valence-electron chi connectivity index (χ0n) is 17.0. The number of hydrogen-bond donors (Lipinski definition) is 3. The highest BCUT2D eigenvalue weighted by Gasteiger charge is 2.10. The fourth-order valence-electron chi connectivity index (χ4n) is 2.60. The molecule has 9 heteroatoms. The highest BCUT2D eigenvalue weighted by Crippen LogP contribution is 2.22. The normalized spacial score (nSPS) is 10.9. The molecule has 3 N–H and O–H groups in total. The van der Waals surface area contributed by atoms with Crippen LogP contribution in [0.1, 0.15) is 28.4 Å². The minimum Gasteiger partial charge on any atom is -0.434 e. The molecule has 0 saturated heterocycles. The second-order valence-corrected chi connectivity index (χ2v) is 6.23. The van der Waals surface area contributed by atoms with Crippen molar-refractivity contribution in [3.8, 4) is 5.75 Å². The van der Waals surface area contributed by atoms with Crippen LogP contribution in [-0.2, 0) is 6.54 Å². The predicted octanol–water partition coefficient (Wildman–Crippen LogP) is 3.70. The molecule has 0 aliphatic rings. The number of nitrogens with zero attached hydrogens (tertiary/aromatic N) is 1. The number of benzene rings is 2. The molecule has 0 aliphatic carbocycles. The molecule has 2 rings (SSSR count). The van der Waals surface area contributed by atoms with Gasteiger partial charge in [0, 0.05) is 30.8 Å². The third kappa shape index (κ3) is 8.93. The second-order valence-electron chi connectivity index (χ2n) is 6.23. The van der Waals surface area contributed by atoms with E-state index < -0.39 is 6.61 Å². The molecular formula is C21H27F2IN4O2. The Hall–Kier alpha value is -2.43. The van der Waals surface area contributed by atoms with Crippen LogP contribution in [0.5, 0.6) is 5.75 Å². The van der Waals surface area contributed by atoms with Gasteiger partial charge in [0.25, 0.3) is 5.91 Å². The Bertz CT molecular complexity index is 820. The Balaban J connectivity index is 0.00000450. The van der Waals surface area contributed by atoms with Gasteiger partial charge in [0.2, 0.25) is 0 Å². The largest absolute Gasteiger partial charge is 0.434 e. The first-order chi connectivity index (χ1) is 14.0. The summed E-state index contributed by atoms with van der Waals surface area (Å²) in [6.07, 6.45) is 0. The van der Waals surface area contributed by atoms with Crippen LogP contribution in [0.4, 0.5) is 8.78 Å². The molecule has 0 radical (unpaired) electrons. The maximum absolute atomic E-state index is 12.6. The predicted molar refractivity (Wildman–Crippen MR) is 125 cm³/mol. The summed E-state index contributed by atoms with van der Waals surface area (Å²) in [6, 6.07) is 14.0. The van der Waals surface area contributed by atoms with Gasteiger partial charge in [-0.15, -0.1) is 24.0 Å². The van der Waals surface area contributed by atoms with Crippen LogP contribution >= 0.6 is 24.0 Å². The van der Waals surface area contributed by atoms with E-state index in [0.29, 0.717) is 36.7 Å². The highest BCUT2D eigenvalue weighted by molar-refractivity contribution is 14.0. The summed E-state index contributed by atoms with van der Waals surface area (Å²) in [7, 11) is 0. The molecule has 6 nitrogen and oxygen atoms in total. The number of guanidine groups is 1. The first kappa shape index (κ1) is 25.6. The molecule has 0 saturated carbocycles. The van der Waals surface area contributed by atoms with Crippen LogP contribution in [0.2, 0.25) is 0 Å². The van der Waals surface area contributed by atoms with Crippen molar-refractivity contribution in [3.63, 3.8) is 0 Å². The maximum atomic E-state index is 12.6. The van der Waals surface area contributed by atoms with E-state index in [1.807, 2.05) is 19.9 Å². The summed E-state index contributed by atoms with van der Waals surface area (Å²) in [5.41, 5.74) is 2.09. The molecule has 2 aromatic rings. The lowest BCUT2D eigenvalue weighted by Crippen LogP contribution is -2.41. The molecule has 30 heavy (non-hydrogen) atoms. The lowest BCUT2D eigenvalue weighted by Gasteiger charge is -2.13. The topological polar surface area (TPSA) is 74.8 Å². The number of rotatable bonds is 9. The molecule has 164 valence electrons. The summed E-state index contributed by atoms with van der Waals surface area (Å²) >= 11 is 0. The molecule has 0 aromatic heterocycles. The summed E-state index contributed by atoms with van der Waals surface area (Å²) < 4.78 is 29.8. The number of hydrogen-bond acceptors (Lipinski definition) is 3. The number of halogens is 3. The Labute approximate surface area is 192 Å². The van der Waals surface area contributed by atoms with Crippen molar-refractivity contribution in [2.45, 2.75) is 27.0 Å². The van der Waals surface area contributed by atoms with Gasteiger partial charge >= 0.3 is 6.61 Å². The van der Waals surface area contributed by atoms with Gasteiger partial charge < -0.3 is 20.7 Å². The number of aliphatic imine (C=N–C) groups is 1. The number of carbonyl (C=O) groups is 1. The molecule has 0 spiro atoms. The molecule has 2 aromatic carbocycles. The van der Waals surface area contributed by atoms with E-state index in [-0.39, 0.29) is 42.2 Å². The highest BCUT2D eigenvalue weighted by atomic mass is 127. The zero-order valence-corrected chi connectivity index (χ0v) is 19.3. The molecule has 0 atom stereocenters. The van der Waals surface area contributed by atoms with Crippen LogP contribution in [-0.4, -0.2) is 38.1 Å². The minimum atomic E-state index is -2.89. The Morgan fingerprint density at radius 3 is 2.43 bits per heavy atom. The minimum absolute atomic E-state index is 0. The second kappa shape index (κ2) is 13.7. The average Bonchev–Trinajstić information content (AvgIpc) is 2.71. The van der Waals surface area contributed by atoms with Crippen molar-refractivity contribution in [2.24, 2.45) is 4.99 Å². The van der Waals surface area contributed by atoms with Crippen LogP contribution in [0, 0.1) is 6.92 Å². The van der Waals surface area contributed by atoms with E-state index in [1.165, 1.54) is 6.07 Å². The van der Waals surface area contributed by atoms with Gasteiger partial charge in [-0.2, -0.15) is 8.78 Å². The van der Waals surface area contributed by atoms with Gasteiger partial charge in [0.15, 0.2) is 5.96 Å². The van der Waals surface area contributed by atoms with Crippen molar-refractivity contribution < 1.29 is 18.3 Å². The van der Waals surface area contributed by atoms with E-state index in [2.05, 4.69) is 25.7 Å². The summed E-state index contributed by atoms with van der Waals surface area (Å²) in [5, 5.41) is 9.01. The molecule has 0 fully saturated rings. The van der Waals surface area contributed by atoms with Crippen molar-refractivity contribution in [1.82, 2.24) is 16.0 Å². The summed E-state index contributed by atoms with van der Waals surface area (Å²) in [4.78, 5) is 16.4. The molecule has 0 heterocycles. The van der Waals surface area contributed by atoms with Crippen LogP contribution in [0.15, 0.2) is 53.5 Å². The van der Waals surface area contributed by atoms with Crippen molar-refractivity contribution in [3.05, 3.63) is 65.2 Å². The number of ether oxygens (including phenoxy) is 1. The SMILES string of the molecule is CCNC(=NCc1cc(C)ccc1OC(F)F)NCCNC(=O)c1ccccc1.I. The van der Waals surface area contributed by atoms with Crippen LogP contribution < -0.4 is 20.7 Å². The Morgan fingerprint density at radius 2 is 1.77 bits per heavy atom. The third-order valence-corrected chi connectivity index (χ3v) is 3.92. The Morgan fingerprint density at radius 1 is 1.07 bits per heavy atom. The zero-order chi connectivity index (χ0) is 21.1. The fraction of sp³-hybridized carbons (Fsp3) is 0.333. The van der Waals surface area contributed by atoms with Gasteiger partial charge in [-0.25, -0.2) is 4.99 Å². The van der Waals surface area contributed by atoms with Crippen molar-refractivity contribution in [2.75, 3.05) is 19.6 Å². The van der Waals surface area contributed by atoms with Gasteiger partial charge in [0.1, 0.15) is 5.75 Å². The first-order valence-corrected chi connectivity index (χ1v) is 9.39. The number of alkyl halides is 2. The summed E-state index contributed by atoms with van der Waals surface area (Å²) in [5.74, 6) is 0.481. The average molecular weight is 532 g/mol. The molecule has 0 unspecified atom stereocenters. The van der Waals surface area contributed by atoms with Crippen LogP contribution in [0.3, 0.4) is 0 Å². The quantitative estimate of drug-likeness (QED) is 0.199. The number of carbonyl (C=O) groups excluding carboxylic acids is 1. The summed E-state index contributed by atoms with van der Waals surface area (Å²) in [6.45, 7) is 2.58. The monoisotopic (exact) mass is 532 g/mol. The van der Waals surface area contributed by atoms with E-state index in [9.17, 15) is 13.6 Å². The van der Waals surface area contributed by atoms with Gasteiger partial charge in [-0.1, -0.05) is 35.9 Å². The lowest BCUT2D eigenvalue weighted by molar-refractivity contribution is -0.0504. The fourth-order valence-corrected chi connectivity index (χ4v) is 2.60. The number of nitrogens with one attached hydrogen (secondary N) is 3. The number of aryl methyl sites for hydroxylation is 1. The van der Waals surface area contributed by atoms with E-state index >= 15 is 0 Å². The van der Waals surface area contributed by atoms with Gasteiger partial charge in [0.05, 0.1) is 6.54 Å². The van der Waals surface area contributed by atoms with E-state index in [1.54, 1.807) is 36.4 Å². The van der Waals surface area contributed by atoms with E-state index in [0.717, 1.165) is 5.56 Å². The molecule has 0 aliphatic heterocycles. The smallest absolute Gasteiger partial charge is 0.387 e. The maximum Gasteiger partial charge on any atom is 0.387 e. The standard InChI is InChI=1S/C21H26F2N4O2.HI/c1-3-24-21(26-12-11-25-19(28)16-7-5-4-6-8-16)27-14-17-13-15(2)9-10-18(17)29-20(22)23;/h4-10,13,20H,3,11-12,14H2,1-2H3,(H,25,28)(H2,24,26,27);1H. The van der Waals surface area contributed by atoms with Crippen molar-refractivity contribution >= 4 is 35.8 Å². The van der Waals surface area contributed by atoms with E-state index in [4.69, 9.17) is 0 Å². The number of amides is 1. The van der Waals surface area contributed by atoms with Gasteiger partial charge in [-0.05, 0) is 32.0 Å². The molecular weight excluding hydrogens is 505 g/mol. The van der Waals surface area contributed by atoms with Crippen molar-refractivity contribution in [1.29, 1.82) is 0 Å². The first-order valence-electron chi connectivity index (χ1n) is 9.39. The van der Waals surface area contributed by atoms with Gasteiger partial charge in [-0.3, -0.25) is 4.79 Å². The lowest BCUT2D eigenvalue weighted by atomic mass is 10.1. The Kier molecular flexibility index (Phi) is 11.7. The molecule has 1 amide bonds. The molecule has 0 bridgehead atoms.